The Morgan fingerprint density at radius 3 is 2.52 bits per heavy atom. The molecule has 4 rings (SSSR count). The van der Waals surface area contributed by atoms with E-state index in [1.807, 2.05) is 49.6 Å². The Morgan fingerprint density at radius 1 is 0.963 bits per heavy atom. The van der Waals surface area contributed by atoms with Crippen molar-refractivity contribution >= 4 is 35.5 Å². The third-order valence-electron chi connectivity index (χ3n) is 5.42. The van der Waals surface area contributed by atoms with Gasteiger partial charge in [-0.15, -0.1) is 12.4 Å². The molecule has 27 heavy (non-hydrogen) atoms. The minimum absolute atomic E-state index is 0. The first-order valence-electron chi connectivity index (χ1n) is 9.58. The summed E-state index contributed by atoms with van der Waals surface area (Å²) >= 11 is 0. The first kappa shape index (κ1) is 19.6. The van der Waals surface area contributed by atoms with E-state index >= 15 is 0 Å². The standard InChI is InChI=1S/C21H26N4O.ClH/c1-23-19-11-7-12-22-20(19)25(16-8-15-24-13-5-2-6-14-24)18-10-4-3-9-17(18)21(23)26;/h3-4,7,9-12H,2,5-6,8,13-16H2,1H3;1H. The summed E-state index contributed by atoms with van der Waals surface area (Å²) in [4.78, 5) is 24.0. The Kier molecular flexibility index (Phi) is 6.34. The summed E-state index contributed by atoms with van der Waals surface area (Å²) in [6, 6.07) is 11.7. The molecule has 144 valence electrons. The first-order valence-corrected chi connectivity index (χ1v) is 9.58. The zero-order valence-electron chi connectivity index (χ0n) is 15.8. The molecule has 0 spiro atoms. The minimum Gasteiger partial charge on any atom is -0.324 e. The molecule has 1 fully saturated rings. The van der Waals surface area contributed by atoms with Crippen LogP contribution >= 0.6 is 12.4 Å². The lowest BCUT2D eigenvalue weighted by Crippen LogP contribution is -2.32. The average Bonchev–Trinajstić information content (AvgIpc) is 2.79. The molecule has 2 aliphatic rings. The van der Waals surface area contributed by atoms with Gasteiger partial charge in [0.1, 0.15) is 0 Å². The van der Waals surface area contributed by atoms with E-state index in [0.29, 0.717) is 0 Å². The van der Waals surface area contributed by atoms with Crippen molar-refractivity contribution in [3.63, 3.8) is 0 Å². The molecule has 1 aromatic heterocycles. The summed E-state index contributed by atoms with van der Waals surface area (Å²) in [6.07, 6.45) is 6.86. The van der Waals surface area contributed by atoms with Crippen molar-refractivity contribution in [2.75, 3.05) is 43.0 Å². The molecule has 5 nitrogen and oxygen atoms in total. The van der Waals surface area contributed by atoms with Crippen molar-refractivity contribution < 1.29 is 4.79 Å². The van der Waals surface area contributed by atoms with E-state index in [9.17, 15) is 4.79 Å². The molecule has 6 heteroatoms. The Morgan fingerprint density at radius 2 is 1.70 bits per heavy atom. The van der Waals surface area contributed by atoms with Gasteiger partial charge in [0.2, 0.25) is 0 Å². The second-order valence-corrected chi connectivity index (χ2v) is 7.13. The number of amides is 1. The number of rotatable bonds is 4. The zero-order valence-corrected chi connectivity index (χ0v) is 16.6. The molecule has 1 aromatic carbocycles. The molecule has 2 aliphatic heterocycles. The predicted octanol–water partition coefficient (Wildman–Crippen LogP) is 4.11. The average molecular weight is 387 g/mol. The highest BCUT2D eigenvalue weighted by Crippen LogP contribution is 2.38. The van der Waals surface area contributed by atoms with Crippen LogP contribution in [0.1, 0.15) is 36.0 Å². The number of aromatic nitrogens is 1. The molecule has 0 atom stereocenters. The lowest BCUT2D eigenvalue weighted by atomic mass is 10.1. The Bertz CT molecular complexity index is 791. The van der Waals surface area contributed by atoms with Crippen LogP contribution in [0.5, 0.6) is 0 Å². The number of anilines is 3. The van der Waals surface area contributed by atoms with E-state index in [0.717, 1.165) is 42.3 Å². The lowest BCUT2D eigenvalue weighted by Gasteiger charge is -2.29. The van der Waals surface area contributed by atoms with E-state index in [1.54, 1.807) is 4.90 Å². The largest absolute Gasteiger partial charge is 0.324 e. The normalized spacial score (nSPS) is 17.0. The molecule has 0 radical (unpaired) electrons. The molecule has 1 amide bonds. The fraction of sp³-hybridized carbons (Fsp3) is 0.429. The minimum atomic E-state index is 0. The van der Waals surface area contributed by atoms with Crippen LogP contribution in [-0.2, 0) is 0 Å². The third kappa shape index (κ3) is 3.94. The van der Waals surface area contributed by atoms with Gasteiger partial charge in [-0.2, -0.15) is 0 Å². The van der Waals surface area contributed by atoms with E-state index in [-0.39, 0.29) is 18.3 Å². The van der Waals surface area contributed by atoms with Crippen molar-refractivity contribution in [3.05, 3.63) is 48.2 Å². The van der Waals surface area contributed by atoms with Crippen LogP contribution < -0.4 is 9.80 Å². The van der Waals surface area contributed by atoms with Gasteiger partial charge in [0.25, 0.3) is 5.91 Å². The molecular weight excluding hydrogens is 360 g/mol. The number of carbonyl (C=O) groups excluding carboxylic acids is 1. The van der Waals surface area contributed by atoms with Crippen molar-refractivity contribution in [1.29, 1.82) is 0 Å². The monoisotopic (exact) mass is 386 g/mol. The molecule has 2 aromatic rings. The number of pyridine rings is 1. The van der Waals surface area contributed by atoms with E-state index in [2.05, 4.69) is 14.8 Å². The van der Waals surface area contributed by atoms with E-state index in [1.165, 1.54) is 32.4 Å². The number of piperidine rings is 1. The number of carbonyl (C=O) groups is 1. The van der Waals surface area contributed by atoms with Crippen LogP contribution in [0.25, 0.3) is 0 Å². The number of fused-ring (bicyclic) bond motifs is 2. The highest BCUT2D eigenvalue weighted by atomic mass is 35.5. The van der Waals surface area contributed by atoms with Crippen LogP contribution in [0.15, 0.2) is 42.6 Å². The summed E-state index contributed by atoms with van der Waals surface area (Å²) in [6.45, 7) is 4.39. The van der Waals surface area contributed by atoms with Crippen LogP contribution in [0, 0.1) is 0 Å². The predicted molar refractivity (Wildman–Crippen MR) is 113 cm³/mol. The van der Waals surface area contributed by atoms with Gasteiger partial charge in [-0.05, 0) is 63.2 Å². The van der Waals surface area contributed by atoms with Gasteiger partial charge in [0, 0.05) is 19.8 Å². The first-order chi connectivity index (χ1) is 12.8. The maximum atomic E-state index is 12.9. The summed E-state index contributed by atoms with van der Waals surface area (Å²) in [5.41, 5.74) is 2.57. The van der Waals surface area contributed by atoms with E-state index in [4.69, 9.17) is 0 Å². The second-order valence-electron chi connectivity index (χ2n) is 7.13. The van der Waals surface area contributed by atoms with Gasteiger partial charge >= 0.3 is 0 Å². The molecule has 0 bridgehead atoms. The fourth-order valence-electron chi connectivity index (χ4n) is 4.01. The van der Waals surface area contributed by atoms with Gasteiger partial charge in [-0.3, -0.25) is 4.79 Å². The summed E-state index contributed by atoms with van der Waals surface area (Å²) in [7, 11) is 1.83. The number of benzene rings is 1. The van der Waals surface area contributed by atoms with Gasteiger partial charge in [-0.1, -0.05) is 18.6 Å². The Balaban J connectivity index is 0.00000210. The SMILES string of the molecule is CN1C(=O)c2ccccc2N(CCCN2CCCCC2)c2ncccc21.Cl. The number of halogens is 1. The highest BCUT2D eigenvalue weighted by molar-refractivity contribution is 6.13. The van der Waals surface area contributed by atoms with E-state index < -0.39 is 0 Å². The second kappa shape index (κ2) is 8.72. The molecule has 0 saturated carbocycles. The number of likely N-dealkylation sites (tertiary alicyclic amines) is 1. The highest BCUT2D eigenvalue weighted by Gasteiger charge is 2.29. The zero-order chi connectivity index (χ0) is 17.9. The quantitative estimate of drug-likeness (QED) is 0.792. The van der Waals surface area contributed by atoms with Gasteiger partial charge < -0.3 is 14.7 Å². The number of hydrogen-bond acceptors (Lipinski definition) is 4. The maximum Gasteiger partial charge on any atom is 0.260 e. The van der Waals surface area contributed by atoms with Crippen LogP contribution in [0.4, 0.5) is 17.2 Å². The van der Waals surface area contributed by atoms with Crippen molar-refractivity contribution in [2.24, 2.45) is 0 Å². The van der Waals surface area contributed by atoms with Crippen LogP contribution in [-0.4, -0.2) is 49.0 Å². The number of para-hydroxylation sites is 1. The molecule has 1 saturated heterocycles. The molecule has 0 unspecified atom stereocenters. The molecule has 3 heterocycles. The lowest BCUT2D eigenvalue weighted by molar-refractivity contribution is 0.0994. The third-order valence-corrected chi connectivity index (χ3v) is 5.42. The summed E-state index contributed by atoms with van der Waals surface area (Å²) in [5, 5.41) is 0. The number of nitrogens with zero attached hydrogens (tertiary/aromatic N) is 4. The summed E-state index contributed by atoms with van der Waals surface area (Å²) in [5.74, 6) is 0.889. The topological polar surface area (TPSA) is 39.7 Å². The van der Waals surface area contributed by atoms with Crippen molar-refractivity contribution in [2.45, 2.75) is 25.7 Å². The fourth-order valence-corrected chi connectivity index (χ4v) is 4.01. The van der Waals surface area contributed by atoms with Crippen molar-refractivity contribution in [1.82, 2.24) is 9.88 Å². The molecular formula is C21H27ClN4O. The van der Waals surface area contributed by atoms with Crippen molar-refractivity contribution in [3.8, 4) is 0 Å². The Labute approximate surface area is 167 Å². The van der Waals surface area contributed by atoms with Gasteiger partial charge in [0.05, 0.1) is 16.9 Å². The number of hydrogen-bond donors (Lipinski definition) is 0. The molecule has 0 N–H and O–H groups in total. The van der Waals surface area contributed by atoms with Gasteiger partial charge in [-0.25, -0.2) is 4.98 Å². The molecule has 0 aliphatic carbocycles. The Hall–Kier alpha value is -2.11. The summed E-state index contributed by atoms with van der Waals surface area (Å²) < 4.78 is 0. The smallest absolute Gasteiger partial charge is 0.260 e. The van der Waals surface area contributed by atoms with Crippen LogP contribution in [0.3, 0.4) is 0 Å². The van der Waals surface area contributed by atoms with Crippen LogP contribution in [0.2, 0.25) is 0 Å². The maximum absolute atomic E-state index is 12.9. The van der Waals surface area contributed by atoms with Gasteiger partial charge in [0.15, 0.2) is 5.82 Å².